The van der Waals surface area contributed by atoms with Crippen molar-refractivity contribution in [1.29, 1.82) is 0 Å². The zero-order valence-electron chi connectivity index (χ0n) is 31.8. The van der Waals surface area contributed by atoms with Crippen LogP contribution in [0.3, 0.4) is 0 Å². The van der Waals surface area contributed by atoms with Gasteiger partial charge < -0.3 is 39.0 Å². The second-order valence-corrected chi connectivity index (χ2v) is 19.0. The summed E-state index contributed by atoms with van der Waals surface area (Å²) < 4.78 is 67.8. The molecule has 0 saturated carbocycles. The summed E-state index contributed by atoms with van der Waals surface area (Å²) in [4.78, 5) is 81.9. The summed E-state index contributed by atoms with van der Waals surface area (Å²) in [5.74, 6) is -4.47. The molecular formula is C38H36N4O16S2. The normalized spacial score (nSPS) is 27.9. The van der Waals surface area contributed by atoms with Crippen molar-refractivity contribution in [1.82, 2.24) is 19.8 Å². The van der Waals surface area contributed by atoms with Gasteiger partial charge in [-0.25, -0.2) is 36.0 Å². The van der Waals surface area contributed by atoms with E-state index >= 15 is 0 Å². The van der Waals surface area contributed by atoms with E-state index in [0.717, 1.165) is 30.8 Å². The average molecular weight is 869 g/mol. The monoisotopic (exact) mass is 868 g/mol. The molecule has 4 aliphatic rings. The van der Waals surface area contributed by atoms with Gasteiger partial charge in [-0.2, -0.15) is 0 Å². The first kappa shape index (κ1) is 42.9. The molecule has 0 radical (unpaired) electrons. The Morgan fingerprint density at radius 3 is 1.47 bits per heavy atom. The molecule has 0 aliphatic carbocycles. The lowest BCUT2D eigenvalue weighted by atomic mass is 9.94. The summed E-state index contributed by atoms with van der Waals surface area (Å²) in [5, 5.41) is 16.4. The Morgan fingerprint density at radius 2 is 1.08 bits per heavy atom. The van der Waals surface area contributed by atoms with Gasteiger partial charge in [0.15, 0.2) is 42.5 Å². The molecular weight excluding hydrogens is 833 g/mol. The van der Waals surface area contributed by atoms with Gasteiger partial charge >= 0.3 is 24.2 Å². The number of carboxylic acids is 2. The van der Waals surface area contributed by atoms with Gasteiger partial charge in [0, 0.05) is 12.4 Å². The Hall–Kier alpha value is -6.68. The van der Waals surface area contributed by atoms with E-state index in [4.69, 9.17) is 14.2 Å². The summed E-state index contributed by atoms with van der Waals surface area (Å²) in [5.41, 5.74) is 1.24. The molecule has 2 N–H and O–H groups in total. The first-order valence-electron chi connectivity index (χ1n) is 17.7. The highest BCUT2D eigenvalue weighted by molar-refractivity contribution is 7.94. The molecule has 4 saturated heterocycles. The number of aliphatic carboxylic acids is 2. The van der Waals surface area contributed by atoms with E-state index in [1.165, 1.54) is 24.5 Å². The highest BCUT2D eigenvalue weighted by atomic mass is 32.2. The Balaban J connectivity index is 0.000000205. The summed E-state index contributed by atoms with van der Waals surface area (Å²) in [6.45, 7) is 0.618. The number of benzene rings is 1. The number of aromatic nitrogens is 2. The Labute approximate surface area is 341 Å². The first-order chi connectivity index (χ1) is 28.3. The molecule has 0 unspecified atom stereocenters. The maximum absolute atomic E-state index is 13.4. The fourth-order valence-electron chi connectivity index (χ4n) is 7.25. The van der Waals surface area contributed by atoms with Crippen LogP contribution in [0.2, 0.25) is 0 Å². The van der Waals surface area contributed by atoms with Crippen LogP contribution in [0.4, 0.5) is 9.59 Å². The number of ether oxygens (including phenoxy) is 4. The quantitative estimate of drug-likeness (QED) is 0.167. The first-order valence-corrected chi connectivity index (χ1v) is 20.8. The van der Waals surface area contributed by atoms with Crippen molar-refractivity contribution in [2.45, 2.75) is 52.8 Å². The molecule has 0 bridgehead atoms. The number of rotatable bonds is 10. The van der Waals surface area contributed by atoms with E-state index < -0.39 is 101 Å². The maximum atomic E-state index is 13.4. The predicted octanol–water partition coefficient (Wildman–Crippen LogP) is 1.68. The van der Waals surface area contributed by atoms with Gasteiger partial charge in [-0.3, -0.25) is 19.6 Å². The number of methoxy groups -OCH3 is 1. The van der Waals surface area contributed by atoms with Crippen molar-refractivity contribution in [2.75, 3.05) is 20.3 Å². The molecule has 316 valence electrons. The lowest BCUT2D eigenvalue weighted by Gasteiger charge is -2.37. The van der Waals surface area contributed by atoms with Gasteiger partial charge in [0.25, 0.3) is 11.8 Å². The van der Waals surface area contributed by atoms with E-state index in [9.17, 15) is 55.8 Å². The van der Waals surface area contributed by atoms with Crippen molar-refractivity contribution in [3.8, 4) is 0 Å². The van der Waals surface area contributed by atoms with E-state index in [0.29, 0.717) is 17.0 Å². The molecule has 22 heteroatoms. The molecule has 3 aromatic rings. The standard InChI is InChI=1S/C22H20N2O8S.C16H16N2O8S/c1-22(13-32-21(28)31-12-14-7-3-2-4-8-14)17(20(26)27)24-18(25)16(19(24)33(22,29)30)11-15-9-5-6-10-23-15;1-16(8-26-15(22)25-2)11(14(20)21)18-12(19)10(13(18)27(16,23)24)7-9-5-3-4-6-17-9/h2-11,17,19H,12-13H2,1H3,(H,26,27);3-7,11,13H,8H2,1-2H3,(H,20,21)/b16-11-;10-7-/t17-,19+,22-;11-,13+,16-/m00/s1. The van der Waals surface area contributed by atoms with Crippen molar-refractivity contribution >= 4 is 67.9 Å². The van der Waals surface area contributed by atoms with Crippen LogP contribution in [-0.4, -0.2) is 136 Å². The fraction of sp³-hybridized carbons (Fsp3) is 0.316. The molecule has 4 fully saturated rings. The zero-order valence-corrected chi connectivity index (χ0v) is 33.4. The van der Waals surface area contributed by atoms with Crippen LogP contribution >= 0.6 is 0 Å². The molecule has 20 nitrogen and oxygen atoms in total. The number of pyridine rings is 2. The van der Waals surface area contributed by atoms with E-state index in [-0.39, 0.29) is 17.8 Å². The van der Waals surface area contributed by atoms with Gasteiger partial charge in [-0.1, -0.05) is 42.5 Å². The molecule has 60 heavy (non-hydrogen) atoms. The Bertz CT molecular complexity index is 2520. The van der Waals surface area contributed by atoms with Gasteiger partial charge in [0.05, 0.1) is 29.6 Å². The van der Waals surface area contributed by atoms with Gasteiger partial charge in [-0.15, -0.1) is 0 Å². The fourth-order valence-corrected chi connectivity index (χ4v) is 11.8. The number of carbonyl (C=O) groups excluding carboxylic acids is 4. The third kappa shape index (κ3) is 7.20. The SMILES string of the molecule is COC(=O)OC[C@@]1(C)[C@H](C(=O)O)N2C(=O)/C(=C/c3ccccn3)[C@H]2S1(=O)=O.C[C@]1(COC(=O)OCc2ccccc2)[C@H](C(=O)O)N2C(=O)/C(=C/c3ccccn3)[C@H]2S1(=O)=O. The lowest BCUT2D eigenvalue weighted by Crippen LogP contribution is -2.59. The summed E-state index contributed by atoms with van der Waals surface area (Å²) >= 11 is 0. The molecule has 2 amide bonds. The highest BCUT2D eigenvalue weighted by Crippen LogP contribution is 2.50. The Kier molecular flexibility index (Phi) is 11.6. The smallest absolute Gasteiger partial charge is 0.480 e. The lowest BCUT2D eigenvalue weighted by molar-refractivity contribution is -0.153. The number of amides is 2. The van der Waals surface area contributed by atoms with Crippen LogP contribution < -0.4 is 0 Å². The largest absolute Gasteiger partial charge is 0.508 e. The number of carbonyl (C=O) groups is 6. The number of β-lactam (4-membered cyclic amide) rings is 2. The molecule has 7 rings (SSSR count). The van der Waals surface area contributed by atoms with Crippen LogP contribution in [0, 0.1) is 0 Å². The second-order valence-electron chi connectivity index (χ2n) is 14.1. The van der Waals surface area contributed by atoms with Gasteiger partial charge in [-0.05, 0) is 55.8 Å². The van der Waals surface area contributed by atoms with Crippen LogP contribution in [0.25, 0.3) is 12.2 Å². The van der Waals surface area contributed by atoms with Crippen LogP contribution in [-0.2, 0) is 64.4 Å². The third-order valence-corrected chi connectivity index (χ3v) is 15.8. The van der Waals surface area contributed by atoms with E-state index in [1.807, 2.05) is 0 Å². The zero-order chi connectivity index (χ0) is 43.8. The number of carboxylic acid groups (broad SMARTS) is 2. The van der Waals surface area contributed by atoms with Crippen molar-refractivity contribution in [3.05, 3.63) is 107 Å². The summed E-state index contributed by atoms with van der Waals surface area (Å²) in [7, 11) is -7.49. The van der Waals surface area contributed by atoms with Gasteiger partial charge in [0.1, 0.15) is 29.3 Å². The minimum atomic E-state index is -4.29. The number of fused-ring (bicyclic) bond motifs is 2. The molecule has 2 aromatic heterocycles. The van der Waals surface area contributed by atoms with Crippen LogP contribution in [0.1, 0.15) is 30.8 Å². The number of hydrogen-bond donors (Lipinski definition) is 2. The number of sulfone groups is 2. The van der Waals surface area contributed by atoms with Crippen molar-refractivity contribution in [2.24, 2.45) is 0 Å². The average Bonchev–Trinajstić information content (AvgIpc) is 3.50. The molecule has 6 heterocycles. The summed E-state index contributed by atoms with van der Waals surface area (Å²) in [6, 6.07) is 15.1. The van der Waals surface area contributed by atoms with Crippen LogP contribution in [0.15, 0.2) is 90.3 Å². The second kappa shape index (κ2) is 16.2. The highest BCUT2D eigenvalue weighted by Gasteiger charge is 2.74. The van der Waals surface area contributed by atoms with E-state index in [1.54, 1.807) is 66.7 Å². The molecule has 4 aliphatic heterocycles. The van der Waals surface area contributed by atoms with Crippen molar-refractivity contribution < 1.29 is 74.8 Å². The van der Waals surface area contributed by atoms with E-state index in [2.05, 4.69) is 14.7 Å². The molecule has 1 aromatic carbocycles. The summed E-state index contributed by atoms with van der Waals surface area (Å²) in [6.07, 6.45) is 3.29. The topological polar surface area (TPSA) is 280 Å². The Morgan fingerprint density at radius 1 is 0.667 bits per heavy atom. The predicted molar refractivity (Wildman–Crippen MR) is 204 cm³/mol. The minimum Gasteiger partial charge on any atom is -0.480 e. The van der Waals surface area contributed by atoms with Gasteiger partial charge in [0.2, 0.25) is 0 Å². The maximum Gasteiger partial charge on any atom is 0.508 e. The molecule has 0 spiro atoms. The number of hydrogen-bond acceptors (Lipinski definition) is 16. The molecule has 6 atom stereocenters. The minimum absolute atomic E-state index is 0.0817. The van der Waals surface area contributed by atoms with Crippen molar-refractivity contribution in [3.63, 3.8) is 0 Å². The van der Waals surface area contributed by atoms with Crippen LogP contribution in [0.5, 0.6) is 0 Å². The third-order valence-electron chi connectivity index (χ3n) is 10.4. The number of nitrogens with zero attached hydrogens (tertiary/aromatic N) is 4.